The lowest BCUT2D eigenvalue weighted by Gasteiger charge is -2.36. The van der Waals surface area contributed by atoms with Gasteiger partial charge in [-0.25, -0.2) is 0 Å². The lowest BCUT2D eigenvalue weighted by Crippen LogP contribution is -2.46. The van der Waals surface area contributed by atoms with E-state index in [-0.39, 0.29) is 10.6 Å². The second kappa shape index (κ2) is 7.05. The number of nitro benzene ring substituents is 1. The van der Waals surface area contributed by atoms with E-state index < -0.39 is 0 Å². The largest absolute Gasteiger partial charge is 0.368 e. The van der Waals surface area contributed by atoms with Crippen molar-refractivity contribution in [2.45, 2.75) is 6.54 Å². The molecule has 0 aliphatic carbocycles. The van der Waals surface area contributed by atoms with E-state index in [1.54, 1.807) is 24.7 Å². The Bertz CT molecular complexity index is 924. The average molecular weight is 349 g/mol. The number of benzene rings is 1. The molecule has 0 saturated carbocycles. The summed E-state index contributed by atoms with van der Waals surface area (Å²) in [5, 5.41) is 12.7. The van der Waals surface area contributed by atoms with Crippen molar-refractivity contribution in [3.05, 3.63) is 70.8 Å². The van der Waals surface area contributed by atoms with Gasteiger partial charge in [-0.1, -0.05) is 6.07 Å². The molecule has 0 N–H and O–H groups in total. The van der Waals surface area contributed by atoms with E-state index in [4.69, 9.17) is 0 Å². The van der Waals surface area contributed by atoms with Gasteiger partial charge in [-0.2, -0.15) is 0 Å². The van der Waals surface area contributed by atoms with Crippen molar-refractivity contribution in [2.75, 3.05) is 31.1 Å². The van der Waals surface area contributed by atoms with E-state index in [9.17, 15) is 10.1 Å². The first kappa shape index (κ1) is 16.4. The highest BCUT2D eigenvalue weighted by molar-refractivity contribution is 5.99. The minimum absolute atomic E-state index is 0.104. The summed E-state index contributed by atoms with van der Waals surface area (Å²) in [5.74, 6) is 0. The van der Waals surface area contributed by atoms with Crippen LogP contribution < -0.4 is 4.90 Å². The van der Waals surface area contributed by atoms with E-state index in [0.717, 1.165) is 43.8 Å². The SMILES string of the molecule is O=[N+]([O-])c1ccc(N2CCN(Cc3cccnc3)CC2)c2ccncc12. The molecule has 7 nitrogen and oxygen atoms in total. The topological polar surface area (TPSA) is 75.4 Å². The zero-order chi connectivity index (χ0) is 17.9. The summed E-state index contributed by atoms with van der Waals surface area (Å²) in [4.78, 5) is 23.9. The van der Waals surface area contributed by atoms with Gasteiger partial charge in [0.1, 0.15) is 0 Å². The standard InChI is InChI=1S/C19H19N5O2/c25-24(26)19-4-3-18(16-5-7-21-13-17(16)19)23-10-8-22(9-11-23)14-15-2-1-6-20-12-15/h1-7,12-13H,8-11,14H2. The van der Waals surface area contributed by atoms with Crippen LogP contribution in [0.1, 0.15) is 5.56 Å². The third kappa shape index (κ3) is 3.21. The molecular weight excluding hydrogens is 330 g/mol. The molecule has 132 valence electrons. The Morgan fingerprint density at radius 1 is 0.962 bits per heavy atom. The Hall–Kier alpha value is -3.06. The molecule has 1 fully saturated rings. The fourth-order valence-electron chi connectivity index (χ4n) is 3.49. The van der Waals surface area contributed by atoms with Crippen molar-refractivity contribution in [1.29, 1.82) is 0 Å². The predicted molar refractivity (Wildman–Crippen MR) is 100 cm³/mol. The first-order valence-corrected chi connectivity index (χ1v) is 8.60. The number of fused-ring (bicyclic) bond motifs is 1. The molecule has 1 aromatic carbocycles. The molecule has 2 aromatic heterocycles. The van der Waals surface area contributed by atoms with Crippen LogP contribution in [0, 0.1) is 10.1 Å². The van der Waals surface area contributed by atoms with Crippen LogP contribution in [0.15, 0.2) is 55.1 Å². The molecule has 3 aromatic rings. The second-order valence-corrected chi connectivity index (χ2v) is 6.41. The maximum absolute atomic E-state index is 11.3. The van der Waals surface area contributed by atoms with Gasteiger partial charge < -0.3 is 4.90 Å². The van der Waals surface area contributed by atoms with Crippen molar-refractivity contribution < 1.29 is 4.92 Å². The van der Waals surface area contributed by atoms with E-state index in [1.165, 1.54) is 5.56 Å². The summed E-state index contributed by atoms with van der Waals surface area (Å²) in [5.41, 5.74) is 2.36. The van der Waals surface area contributed by atoms with Crippen LogP contribution in [0.5, 0.6) is 0 Å². The van der Waals surface area contributed by atoms with Gasteiger partial charge in [0.25, 0.3) is 5.69 Å². The number of nitro groups is 1. The molecule has 0 radical (unpaired) electrons. The third-order valence-electron chi connectivity index (χ3n) is 4.81. The van der Waals surface area contributed by atoms with Crippen molar-refractivity contribution >= 4 is 22.1 Å². The van der Waals surface area contributed by atoms with Gasteiger partial charge in [0.2, 0.25) is 0 Å². The van der Waals surface area contributed by atoms with Gasteiger partial charge in [0, 0.05) is 74.7 Å². The summed E-state index contributed by atoms with van der Waals surface area (Å²) in [6, 6.07) is 9.36. The number of anilines is 1. The second-order valence-electron chi connectivity index (χ2n) is 6.41. The first-order valence-electron chi connectivity index (χ1n) is 8.60. The highest BCUT2D eigenvalue weighted by Crippen LogP contribution is 2.33. The third-order valence-corrected chi connectivity index (χ3v) is 4.81. The Labute approximate surface area is 151 Å². The Balaban J connectivity index is 1.53. The lowest BCUT2D eigenvalue weighted by atomic mass is 10.1. The number of non-ortho nitro benzene ring substituents is 1. The van der Waals surface area contributed by atoms with Crippen LogP contribution >= 0.6 is 0 Å². The number of aromatic nitrogens is 2. The molecule has 7 heteroatoms. The van der Waals surface area contributed by atoms with E-state index >= 15 is 0 Å². The number of nitrogens with zero attached hydrogens (tertiary/aromatic N) is 5. The van der Waals surface area contributed by atoms with E-state index in [2.05, 4.69) is 25.8 Å². The maximum atomic E-state index is 11.3. The van der Waals surface area contributed by atoms with Gasteiger partial charge in [-0.3, -0.25) is 25.0 Å². The predicted octanol–water partition coefficient (Wildman–Crippen LogP) is 2.86. The molecule has 1 aliphatic heterocycles. The molecular formula is C19H19N5O2. The van der Waals surface area contributed by atoms with Crippen LogP contribution in [-0.2, 0) is 6.54 Å². The van der Waals surface area contributed by atoms with Crippen molar-refractivity contribution in [3.8, 4) is 0 Å². The number of piperazine rings is 1. The van der Waals surface area contributed by atoms with Gasteiger partial charge in [0.15, 0.2) is 0 Å². The van der Waals surface area contributed by atoms with E-state index in [1.807, 2.05) is 24.4 Å². The molecule has 0 unspecified atom stereocenters. The quantitative estimate of drug-likeness (QED) is 0.532. The van der Waals surface area contributed by atoms with Crippen molar-refractivity contribution in [1.82, 2.24) is 14.9 Å². The van der Waals surface area contributed by atoms with Crippen LogP contribution in [0.4, 0.5) is 11.4 Å². The Kier molecular flexibility index (Phi) is 4.45. The minimum Gasteiger partial charge on any atom is -0.368 e. The van der Waals surface area contributed by atoms with Crippen molar-refractivity contribution in [3.63, 3.8) is 0 Å². The molecule has 0 atom stereocenters. The number of hydrogen-bond donors (Lipinski definition) is 0. The smallest absolute Gasteiger partial charge is 0.278 e. The molecule has 0 bridgehead atoms. The summed E-state index contributed by atoms with van der Waals surface area (Å²) in [6.07, 6.45) is 6.96. The van der Waals surface area contributed by atoms with Crippen LogP contribution in [-0.4, -0.2) is 46.0 Å². The zero-order valence-electron chi connectivity index (χ0n) is 14.3. The maximum Gasteiger partial charge on any atom is 0.278 e. The summed E-state index contributed by atoms with van der Waals surface area (Å²) in [7, 11) is 0. The van der Waals surface area contributed by atoms with Gasteiger partial charge in [-0.15, -0.1) is 0 Å². The van der Waals surface area contributed by atoms with Gasteiger partial charge in [0.05, 0.1) is 10.3 Å². The molecule has 0 amide bonds. The van der Waals surface area contributed by atoms with Crippen LogP contribution in [0.25, 0.3) is 10.8 Å². The van der Waals surface area contributed by atoms with Gasteiger partial charge in [-0.05, 0) is 23.8 Å². The molecule has 1 aliphatic rings. The van der Waals surface area contributed by atoms with Crippen LogP contribution in [0.3, 0.4) is 0 Å². The number of pyridine rings is 2. The van der Waals surface area contributed by atoms with Gasteiger partial charge >= 0.3 is 0 Å². The highest BCUT2D eigenvalue weighted by atomic mass is 16.6. The fourth-order valence-corrected chi connectivity index (χ4v) is 3.49. The summed E-state index contributed by atoms with van der Waals surface area (Å²) < 4.78 is 0. The minimum atomic E-state index is -0.348. The summed E-state index contributed by atoms with van der Waals surface area (Å²) in [6.45, 7) is 4.55. The zero-order valence-corrected chi connectivity index (χ0v) is 14.3. The molecule has 26 heavy (non-hydrogen) atoms. The van der Waals surface area contributed by atoms with Crippen molar-refractivity contribution in [2.24, 2.45) is 0 Å². The Morgan fingerprint density at radius 3 is 2.50 bits per heavy atom. The average Bonchev–Trinajstić information content (AvgIpc) is 2.68. The highest BCUT2D eigenvalue weighted by Gasteiger charge is 2.21. The molecule has 1 saturated heterocycles. The number of rotatable bonds is 4. The molecule has 3 heterocycles. The first-order chi connectivity index (χ1) is 12.7. The Morgan fingerprint density at radius 2 is 1.77 bits per heavy atom. The normalized spacial score (nSPS) is 15.3. The van der Waals surface area contributed by atoms with E-state index in [0.29, 0.717) is 5.39 Å². The fraction of sp³-hybridized carbons (Fsp3) is 0.263. The molecule has 0 spiro atoms. The monoisotopic (exact) mass is 349 g/mol. The van der Waals surface area contributed by atoms with Crippen LogP contribution in [0.2, 0.25) is 0 Å². The summed E-state index contributed by atoms with van der Waals surface area (Å²) >= 11 is 0. The lowest BCUT2D eigenvalue weighted by molar-refractivity contribution is -0.383. The number of hydrogen-bond acceptors (Lipinski definition) is 6. The molecule has 4 rings (SSSR count).